The number of hydrogen-bond acceptors (Lipinski definition) is 1. The Morgan fingerprint density at radius 1 is 1.33 bits per heavy atom. The lowest BCUT2D eigenvalue weighted by atomic mass is 10.1. The first-order valence-corrected chi connectivity index (χ1v) is 5.97. The molecule has 0 aliphatic heterocycles. The Labute approximate surface area is 104 Å². The highest BCUT2D eigenvalue weighted by molar-refractivity contribution is 14.1. The zero-order chi connectivity index (χ0) is 9.52. The second-order valence-corrected chi connectivity index (χ2v) is 5.90. The fraction of sp³-hybridized carbons (Fsp3) is 0.571. The molecule has 1 heterocycles. The van der Waals surface area contributed by atoms with Crippen molar-refractivity contribution >= 4 is 56.8 Å². The van der Waals surface area contributed by atoms with E-state index in [1.807, 2.05) is 4.68 Å². The van der Waals surface area contributed by atoms with Crippen LogP contribution >= 0.6 is 56.8 Å². The van der Waals surface area contributed by atoms with E-state index in [0.29, 0.717) is 0 Å². The molecule has 1 aromatic heterocycles. The standard InChI is InChI=1S/C7H9ClI2N2/c1-7(2,3)12-6(10)4(8)5(9)11-12/h1-3H3. The molecule has 0 aliphatic carbocycles. The van der Waals surface area contributed by atoms with Crippen molar-refractivity contribution in [3.05, 3.63) is 12.4 Å². The van der Waals surface area contributed by atoms with E-state index in [9.17, 15) is 0 Å². The normalized spacial score (nSPS) is 12.2. The molecule has 0 spiro atoms. The number of nitrogens with zero attached hydrogens (tertiary/aromatic N) is 2. The highest BCUT2D eigenvalue weighted by Crippen LogP contribution is 2.28. The summed E-state index contributed by atoms with van der Waals surface area (Å²) in [5.41, 5.74) is 0.00356. The second-order valence-electron chi connectivity index (χ2n) is 3.48. The molecule has 2 nitrogen and oxygen atoms in total. The topological polar surface area (TPSA) is 17.8 Å². The summed E-state index contributed by atoms with van der Waals surface area (Å²) < 4.78 is 3.82. The van der Waals surface area contributed by atoms with Gasteiger partial charge in [-0.2, -0.15) is 5.10 Å². The Morgan fingerprint density at radius 3 is 2.00 bits per heavy atom. The maximum atomic E-state index is 6.01. The van der Waals surface area contributed by atoms with Crippen LogP contribution in [-0.4, -0.2) is 9.78 Å². The van der Waals surface area contributed by atoms with Crippen molar-refractivity contribution in [1.29, 1.82) is 0 Å². The van der Waals surface area contributed by atoms with Crippen molar-refractivity contribution < 1.29 is 0 Å². The molecular weight excluding hydrogens is 401 g/mol. The molecule has 0 aromatic carbocycles. The molecule has 68 valence electrons. The monoisotopic (exact) mass is 410 g/mol. The van der Waals surface area contributed by atoms with Crippen LogP contribution in [0.15, 0.2) is 0 Å². The smallest absolute Gasteiger partial charge is 0.143 e. The van der Waals surface area contributed by atoms with Crippen LogP contribution in [0.4, 0.5) is 0 Å². The van der Waals surface area contributed by atoms with E-state index >= 15 is 0 Å². The molecule has 0 radical (unpaired) electrons. The van der Waals surface area contributed by atoms with Gasteiger partial charge < -0.3 is 0 Å². The van der Waals surface area contributed by atoms with Gasteiger partial charge in [-0.15, -0.1) is 0 Å². The van der Waals surface area contributed by atoms with Crippen molar-refractivity contribution in [2.24, 2.45) is 0 Å². The fourth-order valence-corrected chi connectivity index (χ4v) is 2.99. The molecule has 0 saturated heterocycles. The largest absolute Gasteiger partial charge is 0.251 e. The van der Waals surface area contributed by atoms with Gasteiger partial charge in [-0.25, -0.2) is 0 Å². The van der Waals surface area contributed by atoms with Gasteiger partial charge in [-0.05, 0) is 66.0 Å². The molecule has 0 unspecified atom stereocenters. The van der Waals surface area contributed by atoms with Crippen LogP contribution in [0.2, 0.25) is 5.02 Å². The molecule has 12 heavy (non-hydrogen) atoms. The third-order valence-corrected chi connectivity index (χ3v) is 4.12. The summed E-state index contributed by atoms with van der Waals surface area (Å²) in [5.74, 6) is 0. The van der Waals surface area contributed by atoms with Gasteiger partial charge in [0.25, 0.3) is 0 Å². The van der Waals surface area contributed by atoms with Crippen molar-refractivity contribution in [2.45, 2.75) is 26.3 Å². The summed E-state index contributed by atoms with van der Waals surface area (Å²) in [7, 11) is 0. The molecular formula is C7H9ClI2N2. The van der Waals surface area contributed by atoms with Gasteiger partial charge in [0.15, 0.2) is 0 Å². The molecule has 0 fully saturated rings. The van der Waals surface area contributed by atoms with Crippen LogP contribution in [0.3, 0.4) is 0 Å². The van der Waals surface area contributed by atoms with Crippen LogP contribution in [-0.2, 0) is 5.54 Å². The first-order valence-electron chi connectivity index (χ1n) is 3.44. The van der Waals surface area contributed by atoms with Crippen molar-refractivity contribution in [3.8, 4) is 0 Å². The van der Waals surface area contributed by atoms with Gasteiger partial charge in [-0.1, -0.05) is 11.6 Å². The third kappa shape index (κ3) is 2.06. The van der Waals surface area contributed by atoms with Crippen LogP contribution in [0.1, 0.15) is 20.8 Å². The quantitative estimate of drug-likeness (QED) is 0.599. The first-order chi connectivity index (χ1) is 5.34. The highest BCUT2D eigenvalue weighted by Gasteiger charge is 2.21. The summed E-state index contributed by atoms with van der Waals surface area (Å²) in [4.78, 5) is 0. The van der Waals surface area contributed by atoms with Crippen LogP contribution in [0.5, 0.6) is 0 Å². The van der Waals surface area contributed by atoms with Crippen molar-refractivity contribution in [1.82, 2.24) is 9.78 Å². The van der Waals surface area contributed by atoms with Crippen molar-refractivity contribution in [3.63, 3.8) is 0 Å². The summed E-state index contributed by atoms with van der Waals surface area (Å²) in [6.45, 7) is 6.32. The maximum Gasteiger partial charge on any atom is 0.143 e. The van der Waals surface area contributed by atoms with Gasteiger partial charge in [0.2, 0.25) is 0 Å². The molecule has 5 heteroatoms. The lowest BCUT2D eigenvalue weighted by Crippen LogP contribution is -2.24. The lowest BCUT2D eigenvalue weighted by Gasteiger charge is -2.20. The second kappa shape index (κ2) is 3.61. The third-order valence-electron chi connectivity index (χ3n) is 1.37. The van der Waals surface area contributed by atoms with E-state index in [2.05, 4.69) is 71.1 Å². The van der Waals surface area contributed by atoms with E-state index in [1.54, 1.807) is 0 Å². The maximum absolute atomic E-state index is 6.01. The SMILES string of the molecule is CC(C)(C)n1nc(I)c(Cl)c1I. The van der Waals surface area contributed by atoms with Gasteiger partial charge in [0, 0.05) is 0 Å². The Hall–Kier alpha value is 0.960. The number of hydrogen-bond donors (Lipinski definition) is 0. The van der Waals surface area contributed by atoms with Gasteiger partial charge in [0.1, 0.15) is 12.4 Å². The summed E-state index contributed by atoms with van der Waals surface area (Å²) in [6.07, 6.45) is 0. The van der Waals surface area contributed by atoms with Crippen molar-refractivity contribution in [2.75, 3.05) is 0 Å². The Bertz CT molecular complexity index is 301. The van der Waals surface area contributed by atoms with E-state index < -0.39 is 0 Å². The van der Waals surface area contributed by atoms with Crippen LogP contribution in [0, 0.1) is 7.40 Å². The minimum atomic E-state index is 0.00356. The fourth-order valence-electron chi connectivity index (χ4n) is 0.798. The molecule has 0 saturated carbocycles. The van der Waals surface area contributed by atoms with Gasteiger partial charge in [-0.3, -0.25) is 4.68 Å². The molecule has 1 rings (SSSR count). The van der Waals surface area contributed by atoms with Crippen LogP contribution < -0.4 is 0 Å². The zero-order valence-corrected chi connectivity index (χ0v) is 12.1. The molecule has 1 aromatic rings. The van der Waals surface area contributed by atoms with Gasteiger partial charge >= 0.3 is 0 Å². The number of aromatic nitrogens is 2. The first kappa shape index (κ1) is 11.0. The molecule has 0 N–H and O–H groups in total. The minimum Gasteiger partial charge on any atom is -0.251 e. The average molecular weight is 410 g/mol. The number of halogens is 3. The summed E-state index contributed by atoms with van der Waals surface area (Å²) >= 11 is 10.4. The Morgan fingerprint density at radius 2 is 1.83 bits per heavy atom. The summed E-state index contributed by atoms with van der Waals surface area (Å²) in [6, 6.07) is 0. The molecule has 0 amide bonds. The minimum absolute atomic E-state index is 0.00356. The van der Waals surface area contributed by atoms with E-state index in [0.717, 1.165) is 12.4 Å². The predicted octanol–water partition coefficient (Wildman–Crippen LogP) is 3.50. The van der Waals surface area contributed by atoms with Crippen LogP contribution in [0.25, 0.3) is 0 Å². The Kier molecular flexibility index (Phi) is 3.32. The van der Waals surface area contributed by atoms with E-state index in [4.69, 9.17) is 11.6 Å². The highest BCUT2D eigenvalue weighted by atomic mass is 127. The lowest BCUT2D eigenvalue weighted by molar-refractivity contribution is 0.346. The Balaban J connectivity index is 3.28. The number of rotatable bonds is 0. The molecule has 0 bridgehead atoms. The predicted molar refractivity (Wildman–Crippen MR) is 67.7 cm³/mol. The summed E-state index contributed by atoms with van der Waals surface area (Å²) in [5, 5.41) is 5.10. The molecule has 0 aliphatic rings. The van der Waals surface area contributed by atoms with E-state index in [1.165, 1.54) is 0 Å². The average Bonchev–Trinajstić information content (AvgIpc) is 2.15. The van der Waals surface area contributed by atoms with Gasteiger partial charge in [0.05, 0.1) is 5.54 Å². The van der Waals surface area contributed by atoms with E-state index in [-0.39, 0.29) is 5.54 Å². The molecule has 0 atom stereocenters. The zero-order valence-electron chi connectivity index (χ0n) is 7.03.